The van der Waals surface area contributed by atoms with Crippen molar-refractivity contribution < 1.29 is 0 Å². The SMILES string of the molecule is O=c1[nH]cnc(Nc2cccc3ccncc23)c1I. The highest BCUT2D eigenvalue weighted by Crippen LogP contribution is 2.25. The Hall–Kier alpha value is -1.96. The zero-order valence-corrected chi connectivity index (χ0v) is 11.9. The van der Waals surface area contributed by atoms with E-state index in [0.29, 0.717) is 9.39 Å². The maximum atomic E-state index is 11.5. The van der Waals surface area contributed by atoms with Gasteiger partial charge in [0.15, 0.2) is 5.82 Å². The molecule has 0 fully saturated rings. The molecule has 1 aromatic carbocycles. The monoisotopic (exact) mass is 364 g/mol. The lowest BCUT2D eigenvalue weighted by Gasteiger charge is -2.09. The first kappa shape index (κ1) is 12.1. The van der Waals surface area contributed by atoms with Gasteiger partial charge in [-0.2, -0.15) is 0 Å². The number of benzene rings is 1. The van der Waals surface area contributed by atoms with Crippen molar-refractivity contribution in [2.24, 2.45) is 0 Å². The van der Waals surface area contributed by atoms with Crippen LogP contribution in [0, 0.1) is 3.57 Å². The van der Waals surface area contributed by atoms with Gasteiger partial charge in [0.25, 0.3) is 5.56 Å². The molecule has 0 aliphatic heterocycles. The Kier molecular flexibility index (Phi) is 3.16. The summed E-state index contributed by atoms with van der Waals surface area (Å²) in [6, 6.07) is 7.84. The van der Waals surface area contributed by atoms with Crippen molar-refractivity contribution in [3.05, 3.63) is 56.9 Å². The number of hydrogen-bond acceptors (Lipinski definition) is 4. The van der Waals surface area contributed by atoms with Gasteiger partial charge in [-0.25, -0.2) is 4.98 Å². The number of anilines is 2. The van der Waals surface area contributed by atoms with Crippen LogP contribution >= 0.6 is 22.6 Å². The second-order valence-electron chi connectivity index (χ2n) is 3.92. The first-order chi connectivity index (χ1) is 9.25. The summed E-state index contributed by atoms with van der Waals surface area (Å²) in [7, 11) is 0. The molecule has 0 saturated heterocycles. The molecular weight excluding hydrogens is 355 g/mol. The van der Waals surface area contributed by atoms with Crippen LogP contribution in [0.15, 0.2) is 47.8 Å². The Labute approximate surface area is 122 Å². The normalized spacial score (nSPS) is 10.6. The minimum atomic E-state index is -0.156. The third-order valence-electron chi connectivity index (χ3n) is 2.73. The largest absolute Gasteiger partial charge is 0.339 e. The minimum Gasteiger partial charge on any atom is -0.339 e. The van der Waals surface area contributed by atoms with Crippen molar-refractivity contribution in [2.75, 3.05) is 5.32 Å². The summed E-state index contributed by atoms with van der Waals surface area (Å²) in [6.45, 7) is 0. The van der Waals surface area contributed by atoms with E-state index in [1.807, 2.05) is 46.9 Å². The molecule has 0 unspecified atom stereocenters. The van der Waals surface area contributed by atoms with Gasteiger partial charge in [-0.3, -0.25) is 9.78 Å². The standard InChI is InChI=1S/C13H9IN4O/c14-11-12(16-7-17-13(11)19)18-10-3-1-2-8-4-5-15-6-9(8)10/h1-7H,(H2,16,17,18,19). The molecule has 0 aliphatic rings. The van der Waals surface area contributed by atoms with E-state index in [0.717, 1.165) is 16.5 Å². The van der Waals surface area contributed by atoms with E-state index in [-0.39, 0.29) is 5.56 Å². The maximum absolute atomic E-state index is 11.5. The summed E-state index contributed by atoms with van der Waals surface area (Å²) in [5, 5.41) is 5.25. The third-order valence-corrected chi connectivity index (χ3v) is 3.73. The van der Waals surface area contributed by atoms with E-state index in [1.54, 1.807) is 12.4 Å². The number of hydrogen-bond donors (Lipinski definition) is 2. The zero-order chi connectivity index (χ0) is 13.2. The van der Waals surface area contributed by atoms with Gasteiger partial charge in [-0.05, 0) is 40.1 Å². The Bertz CT molecular complexity index is 795. The lowest BCUT2D eigenvalue weighted by atomic mass is 10.1. The van der Waals surface area contributed by atoms with Crippen molar-refractivity contribution in [1.82, 2.24) is 15.0 Å². The second-order valence-corrected chi connectivity index (χ2v) is 5.00. The Morgan fingerprint density at radius 3 is 3.05 bits per heavy atom. The Morgan fingerprint density at radius 2 is 2.16 bits per heavy atom. The molecule has 2 N–H and O–H groups in total. The molecule has 0 bridgehead atoms. The summed E-state index contributed by atoms with van der Waals surface area (Å²) >= 11 is 1.97. The van der Waals surface area contributed by atoms with Gasteiger partial charge >= 0.3 is 0 Å². The molecule has 0 atom stereocenters. The van der Waals surface area contributed by atoms with Gasteiger partial charge in [-0.1, -0.05) is 12.1 Å². The third kappa shape index (κ3) is 2.30. The molecule has 94 valence electrons. The van der Waals surface area contributed by atoms with E-state index in [9.17, 15) is 4.79 Å². The summed E-state index contributed by atoms with van der Waals surface area (Å²) < 4.78 is 0.529. The molecule has 2 aromatic heterocycles. The zero-order valence-electron chi connectivity index (χ0n) is 9.72. The second kappa shape index (κ2) is 4.96. The van der Waals surface area contributed by atoms with Crippen molar-refractivity contribution in [3.8, 4) is 0 Å². The fraction of sp³-hybridized carbons (Fsp3) is 0. The van der Waals surface area contributed by atoms with E-state index in [1.165, 1.54) is 6.33 Å². The van der Waals surface area contributed by atoms with Crippen LogP contribution < -0.4 is 10.9 Å². The first-order valence-corrected chi connectivity index (χ1v) is 6.66. The lowest BCUT2D eigenvalue weighted by molar-refractivity contribution is 1.10. The highest BCUT2D eigenvalue weighted by Gasteiger charge is 2.07. The Balaban J connectivity index is 2.11. The van der Waals surface area contributed by atoms with E-state index < -0.39 is 0 Å². The lowest BCUT2D eigenvalue weighted by Crippen LogP contribution is -2.13. The molecular formula is C13H9IN4O. The fourth-order valence-corrected chi connectivity index (χ4v) is 2.25. The molecule has 0 aliphatic carbocycles. The molecule has 2 heterocycles. The number of pyridine rings is 1. The number of fused-ring (bicyclic) bond motifs is 1. The average Bonchev–Trinajstić information content (AvgIpc) is 2.44. The molecule has 3 rings (SSSR count). The van der Waals surface area contributed by atoms with Gasteiger partial charge < -0.3 is 10.3 Å². The average molecular weight is 364 g/mol. The molecule has 0 amide bonds. The molecule has 0 radical (unpaired) electrons. The highest BCUT2D eigenvalue weighted by atomic mass is 127. The number of nitrogens with one attached hydrogen (secondary N) is 2. The van der Waals surface area contributed by atoms with Crippen LogP contribution in [-0.2, 0) is 0 Å². The molecule has 0 spiro atoms. The van der Waals surface area contributed by atoms with Crippen LogP contribution in [0.25, 0.3) is 10.8 Å². The van der Waals surface area contributed by atoms with Crippen molar-refractivity contribution in [2.45, 2.75) is 0 Å². The minimum absolute atomic E-state index is 0.156. The fourth-order valence-electron chi connectivity index (χ4n) is 1.82. The summed E-state index contributed by atoms with van der Waals surface area (Å²) in [5.41, 5.74) is 0.720. The number of nitrogens with zero attached hydrogens (tertiary/aromatic N) is 2. The maximum Gasteiger partial charge on any atom is 0.266 e. The van der Waals surface area contributed by atoms with Crippen LogP contribution in [0.1, 0.15) is 0 Å². The van der Waals surface area contributed by atoms with E-state index >= 15 is 0 Å². The van der Waals surface area contributed by atoms with E-state index in [2.05, 4.69) is 20.3 Å². The molecule has 19 heavy (non-hydrogen) atoms. The number of H-pyrrole nitrogens is 1. The van der Waals surface area contributed by atoms with Gasteiger partial charge in [0, 0.05) is 23.5 Å². The van der Waals surface area contributed by atoms with Gasteiger partial charge in [-0.15, -0.1) is 0 Å². The topological polar surface area (TPSA) is 70.7 Å². The molecule has 5 nitrogen and oxygen atoms in total. The van der Waals surface area contributed by atoms with Crippen LogP contribution in [0.4, 0.5) is 11.5 Å². The number of rotatable bonds is 2. The van der Waals surface area contributed by atoms with Crippen molar-refractivity contribution in [1.29, 1.82) is 0 Å². The molecule has 3 aromatic rings. The van der Waals surface area contributed by atoms with Crippen LogP contribution in [0.5, 0.6) is 0 Å². The highest BCUT2D eigenvalue weighted by molar-refractivity contribution is 14.1. The molecule has 6 heteroatoms. The van der Waals surface area contributed by atoms with Gasteiger partial charge in [0.2, 0.25) is 0 Å². The summed E-state index contributed by atoms with van der Waals surface area (Å²) in [5.74, 6) is 0.542. The van der Waals surface area contributed by atoms with Crippen LogP contribution in [0.2, 0.25) is 0 Å². The quantitative estimate of drug-likeness (QED) is 0.686. The first-order valence-electron chi connectivity index (χ1n) is 5.58. The predicted molar refractivity (Wildman–Crippen MR) is 82.6 cm³/mol. The van der Waals surface area contributed by atoms with Crippen molar-refractivity contribution >= 4 is 44.9 Å². The van der Waals surface area contributed by atoms with Crippen LogP contribution in [-0.4, -0.2) is 15.0 Å². The summed E-state index contributed by atoms with van der Waals surface area (Å²) in [4.78, 5) is 22.3. The summed E-state index contributed by atoms with van der Waals surface area (Å²) in [6.07, 6.45) is 4.93. The van der Waals surface area contributed by atoms with E-state index in [4.69, 9.17) is 0 Å². The number of halogens is 1. The van der Waals surface area contributed by atoms with Crippen molar-refractivity contribution in [3.63, 3.8) is 0 Å². The van der Waals surface area contributed by atoms with Gasteiger partial charge in [0.1, 0.15) is 3.57 Å². The predicted octanol–water partition coefficient (Wildman–Crippen LogP) is 2.67. The van der Waals surface area contributed by atoms with Crippen LogP contribution in [0.3, 0.4) is 0 Å². The van der Waals surface area contributed by atoms with Gasteiger partial charge in [0.05, 0.1) is 6.33 Å². The number of aromatic amines is 1. The molecule has 0 saturated carbocycles. The Morgan fingerprint density at radius 1 is 1.26 bits per heavy atom. The smallest absolute Gasteiger partial charge is 0.266 e. The number of aromatic nitrogens is 3.